The Morgan fingerprint density at radius 1 is 1.29 bits per heavy atom. The molecule has 0 atom stereocenters. The van der Waals surface area contributed by atoms with Crippen LogP contribution in [0.4, 0.5) is 0 Å². The van der Waals surface area contributed by atoms with Gasteiger partial charge >= 0.3 is 0 Å². The fraction of sp³-hybridized carbons (Fsp3) is 0.545. The molecule has 1 aliphatic rings. The molecular formula is C11H15N5O. The van der Waals surface area contributed by atoms with Gasteiger partial charge in [-0.1, -0.05) is 0 Å². The Morgan fingerprint density at radius 3 is 2.82 bits per heavy atom. The molecule has 3 rings (SSSR count). The summed E-state index contributed by atoms with van der Waals surface area (Å²) in [6.07, 6.45) is 1.51. The summed E-state index contributed by atoms with van der Waals surface area (Å²) < 4.78 is 7.09. The van der Waals surface area contributed by atoms with E-state index in [0.29, 0.717) is 13.2 Å². The van der Waals surface area contributed by atoms with Crippen molar-refractivity contribution in [3.8, 4) is 0 Å². The van der Waals surface area contributed by atoms with Crippen molar-refractivity contribution in [3.63, 3.8) is 0 Å². The fourth-order valence-electron chi connectivity index (χ4n) is 2.15. The monoisotopic (exact) mass is 233 g/mol. The fourth-order valence-corrected chi connectivity index (χ4v) is 2.15. The van der Waals surface area contributed by atoms with Crippen LogP contribution < -0.4 is 5.73 Å². The minimum Gasteiger partial charge on any atom is -0.381 e. The van der Waals surface area contributed by atoms with E-state index in [4.69, 9.17) is 10.5 Å². The first-order valence-corrected chi connectivity index (χ1v) is 5.75. The maximum Gasteiger partial charge on any atom is 0.177 e. The third-order valence-corrected chi connectivity index (χ3v) is 3.23. The standard InChI is InChI=1S/C11H15N5O/c1-8-2-3-9-13-14-10(16(9)15-8)11(12)4-6-17-7-5-11/h2-3H,4-7,12H2,1H3. The predicted molar refractivity (Wildman–Crippen MR) is 61.4 cm³/mol. The van der Waals surface area contributed by atoms with Gasteiger partial charge in [0.05, 0.1) is 11.2 Å². The van der Waals surface area contributed by atoms with Crippen molar-refractivity contribution in [1.29, 1.82) is 0 Å². The molecule has 2 N–H and O–H groups in total. The highest BCUT2D eigenvalue weighted by Crippen LogP contribution is 2.27. The number of hydrogen-bond acceptors (Lipinski definition) is 5. The van der Waals surface area contributed by atoms with Gasteiger partial charge in [-0.3, -0.25) is 0 Å². The van der Waals surface area contributed by atoms with Crippen molar-refractivity contribution in [2.75, 3.05) is 13.2 Å². The molecule has 0 amide bonds. The quantitative estimate of drug-likeness (QED) is 0.771. The lowest BCUT2D eigenvalue weighted by atomic mass is 9.90. The number of aromatic nitrogens is 4. The molecule has 1 fully saturated rings. The lowest BCUT2D eigenvalue weighted by Crippen LogP contribution is -2.44. The third-order valence-electron chi connectivity index (χ3n) is 3.23. The number of fused-ring (bicyclic) bond motifs is 1. The van der Waals surface area contributed by atoms with E-state index in [1.165, 1.54) is 0 Å². The second-order valence-electron chi connectivity index (χ2n) is 4.54. The second kappa shape index (κ2) is 3.75. The van der Waals surface area contributed by atoms with E-state index >= 15 is 0 Å². The van der Waals surface area contributed by atoms with Crippen molar-refractivity contribution in [2.24, 2.45) is 5.73 Å². The summed E-state index contributed by atoms with van der Waals surface area (Å²) in [7, 11) is 0. The molecule has 3 heterocycles. The zero-order chi connectivity index (χ0) is 11.9. The van der Waals surface area contributed by atoms with Crippen LogP contribution in [0.5, 0.6) is 0 Å². The van der Waals surface area contributed by atoms with Gasteiger partial charge in [-0.15, -0.1) is 10.2 Å². The second-order valence-corrected chi connectivity index (χ2v) is 4.54. The maximum absolute atomic E-state index is 6.40. The van der Waals surface area contributed by atoms with Crippen LogP contribution in [0, 0.1) is 6.92 Å². The lowest BCUT2D eigenvalue weighted by molar-refractivity contribution is 0.0484. The predicted octanol–water partition coefficient (Wildman–Crippen LogP) is 0.397. The van der Waals surface area contributed by atoms with Gasteiger partial charge in [-0.2, -0.15) is 9.61 Å². The zero-order valence-corrected chi connectivity index (χ0v) is 9.76. The summed E-state index contributed by atoms with van der Waals surface area (Å²) >= 11 is 0. The molecule has 2 aromatic heterocycles. The normalized spacial score (nSPS) is 19.6. The molecule has 6 heteroatoms. The van der Waals surface area contributed by atoms with Crippen molar-refractivity contribution < 1.29 is 4.74 Å². The van der Waals surface area contributed by atoms with E-state index in [2.05, 4.69) is 15.3 Å². The van der Waals surface area contributed by atoms with Gasteiger partial charge in [0.2, 0.25) is 0 Å². The summed E-state index contributed by atoms with van der Waals surface area (Å²) in [6.45, 7) is 3.27. The highest BCUT2D eigenvalue weighted by Gasteiger charge is 2.35. The number of ether oxygens (including phenoxy) is 1. The minimum absolute atomic E-state index is 0.474. The summed E-state index contributed by atoms with van der Waals surface area (Å²) in [4.78, 5) is 0. The maximum atomic E-state index is 6.40. The molecule has 1 saturated heterocycles. The molecule has 0 radical (unpaired) electrons. The van der Waals surface area contributed by atoms with E-state index in [1.807, 2.05) is 19.1 Å². The molecule has 0 aromatic carbocycles. The van der Waals surface area contributed by atoms with Crippen molar-refractivity contribution in [2.45, 2.75) is 25.3 Å². The summed E-state index contributed by atoms with van der Waals surface area (Å²) in [5, 5.41) is 12.7. The van der Waals surface area contributed by atoms with E-state index < -0.39 is 5.54 Å². The van der Waals surface area contributed by atoms with Gasteiger partial charge in [0.15, 0.2) is 11.5 Å². The van der Waals surface area contributed by atoms with Crippen LogP contribution in [0.15, 0.2) is 12.1 Å². The van der Waals surface area contributed by atoms with E-state index in [-0.39, 0.29) is 0 Å². The average Bonchev–Trinajstić information content (AvgIpc) is 2.73. The van der Waals surface area contributed by atoms with Gasteiger partial charge in [0.1, 0.15) is 0 Å². The molecule has 90 valence electrons. The Kier molecular flexibility index (Phi) is 2.34. The molecule has 2 aromatic rings. The van der Waals surface area contributed by atoms with Crippen molar-refractivity contribution >= 4 is 5.65 Å². The minimum atomic E-state index is -0.474. The van der Waals surface area contributed by atoms with Crippen LogP contribution in [0.2, 0.25) is 0 Å². The molecule has 0 bridgehead atoms. The Labute approximate surface area is 98.8 Å². The van der Waals surface area contributed by atoms with Crippen LogP contribution in [0.3, 0.4) is 0 Å². The number of hydrogen-bond donors (Lipinski definition) is 1. The third kappa shape index (κ3) is 1.69. The van der Waals surface area contributed by atoms with Crippen molar-refractivity contribution in [3.05, 3.63) is 23.7 Å². The van der Waals surface area contributed by atoms with Crippen LogP contribution in [-0.4, -0.2) is 33.0 Å². The number of nitrogens with zero attached hydrogens (tertiary/aromatic N) is 4. The van der Waals surface area contributed by atoms with Gasteiger partial charge in [0.25, 0.3) is 0 Å². The van der Waals surface area contributed by atoms with Crippen LogP contribution in [-0.2, 0) is 10.3 Å². The van der Waals surface area contributed by atoms with Gasteiger partial charge < -0.3 is 10.5 Å². The molecule has 0 aliphatic carbocycles. The van der Waals surface area contributed by atoms with Gasteiger partial charge in [-0.25, -0.2) is 0 Å². The zero-order valence-electron chi connectivity index (χ0n) is 9.76. The summed E-state index contributed by atoms with van der Waals surface area (Å²) in [5.74, 6) is 0.736. The lowest BCUT2D eigenvalue weighted by Gasteiger charge is -2.31. The molecule has 0 unspecified atom stereocenters. The average molecular weight is 233 g/mol. The topological polar surface area (TPSA) is 78.3 Å². The Hall–Kier alpha value is -1.53. The first-order valence-electron chi connectivity index (χ1n) is 5.75. The molecule has 1 aliphatic heterocycles. The molecule has 17 heavy (non-hydrogen) atoms. The molecular weight excluding hydrogens is 218 g/mol. The first kappa shape index (κ1) is 10.6. The largest absolute Gasteiger partial charge is 0.381 e. The summed E-state index contributed by atoms with van der Waals surface area (Å²) in [6, 6.07) is 3.82. The molecule has 0 saturated carbocycles. The molecule has 6 nitrogen and oxygen atoms in total. The van der Waals surface area contributed by atoms with Crippen LogP contribution in [0.25, 0.3) is 5.65 Å². The number of rotatable bonds is 1. The van der Waals surface area contributed by atoms with Gasteiger partial charge in [-0.05, 0) is 31.9 Å². The summed E-state index contributed by atoms with van der Waals surface area (Å²) in [5.41, 5.74) is 7.59. The van der Waals surface area contributed by atoms with E-state index in [1.54, 1.807) is 4.52 Å². The highest BCUT2D eigenvalue weighted by atomic mass is 16.5. The Balaban J connectivity index is 2.13. The highest BCUT2D eigenvalue weighted by molar-refractivity contribution is 5.37. The SMILES string of the molecule is Cc1ccc2nnc(C3(N)CCOCC3)n2n1. The molecule has 0 spiro atoms. The van der Waals surface area contributed by atoms with E-state index in [0.717, 1.165) is 30.0 Å². The van der Waals surface area contributed by atoms with E-state index in [9.17, 15) is 0 Å². The van der Waals surface area contributed by atoms with Crippen LogP contribution >= 0.6 is 0 Å². The van der Waals surface area contributed by atoms with Crippen LogP contribution in [0.1, 0.15) is 24.4 Å². The number of aryl methyl sites for hydroxylation is 1. The number of nitrogens with two attached hydrogens (primary N) is 1. The van der Waals surface area contributed by atoms with Gasteiger partial charge in [0, 0.05) is 13.2 Å². The van der Waals surface area contributed by atoms with Crippen molar-refractivity contribution in [1.82, 2.24) is 19.8 Å². The Morgan fingerprint density at radius 2 is 2.06 bits per heavy atom. The Bertz CT molecular complexity index is 544. The first-order chi connectivity index (χ1) is 8.19. The smallest absolute Gasteiger partial charge is 0.177 e.